The van der Waals surface area contributed by atoms with E-state index in [-0.39, 0.29) is 18.2 Å². The fourth-order valence-electron chi connectivity index (χ4n) is 2.36. The van der Waals surface area contributed by atoms with Crippen molar-refractivity contribution < 1.29 is 14.1 Å². The summed E-state index contributed by atoms with van der Waals surface area (Å²) in [6.45, 7) is 2.20. The van der Waals surface area contributed by atoms with E-state index in [1.54, 1.807) is 30.3 Å². The number of carbonyl (C=O) groups is 2. The van der Waals surface area contributed by atoms with Gasteiger partial charge >= 0.3 is 0 Å². The Balaban J connectivity index is 1.69. The van der Waals surface area contributed by atoms with Crippen LogP contribution in [0.2, 0.25) is 0 Å². The van der Waals surface area contributed by atoms with E-state index < -0.39 is 6.04 Å². The maximum absolute atomic E-state index is 12.3. The highest BCUT2D eigenvalue weighted by molar-refractivity contribution is 6.22. The number of imide groups is 1. The maximum Gasteiger partial charge on any atom is 0.251 e. The first-order valence-corrected chi connectivity index (χ1v) is 6.72. The Kier molecular flexibility index (Phi) is 3.53. The normalized spacial score (nSPS) is 18.5. The van der Waals surface area contributed by atoms with E-state index >= 15 is 0 Å². The van der Waals surface area contributed by atoms with Crippen LogP contribution in [0.25, 0.3) is 0 Å². The summed E-state index contributed by atoms with van der Waals surface area (Å²) >= 11 is 0. The molecule has 2 amide bonds. The number of carbonyl (C=O) groups excluding carboxylic acids is 2. The number of nitrogens with zero attached hydrogens (tertiary/aromatic N) is 2. The molecule has 2 heterocycles. The third-order valence-corrected chi connectivity index (χ3v) is 3.36. The Morgan fingerprint density at radius 3 is 2.76 bits per heavy atom. The van der Waals surface area contributed by atoms with Crippen LogP contribution >= 0.6 is 0 Å². The van der Waals surface area contributed by atoms with Crippen LogP contribution in [-0.4, -0.2) is 23.0 Å². The van der Waals surface area contributed by atoms with E-state index in [2.05, 4.69) is 10.5 Å². The molecule has 1 N–H and O–H groups in total. The van der Waals surface area contributed by atoms with E-state index in [1.807, 2.05) is 13.0 Å². The van der Waals surface area contributed by atoms with E-state index in [0.29, 0.717) is 18.0 Å². The van der Waals surface area contributed by atoms with Gasteiger partial charge in [0, 0.05) is 6.07 Å². The van der Waals surface area contributed by atoms with Crippen LogP contribution in [-0.2, 0) is 16.1 Å². The standard InChI is InChI=1S/C15H15N3O3/c1-10-7-12(21-17-10)9-16-13-8-14(19)18(15(13)20)11-5-3-2-4-6-11/h2-7,13,16H,8-9H2,1H3. The molecule has 1 saturated heterocycles. The molecule has 1 aliphatic rings. The summed E-state index contributed by atoms with van der Waals surface area (Å²) in [5.74, 6) is 0.214. The van der Waals surface area contributed by atoms with Crippen molar-refractivity contribution in [2.75, 3.05) is 4.90 Å². The number of rotatable bonds is 4. The molecule has 0 radical (unpaired) electrons. The number of hydrogen-bond donors (Lipinski definition) is 1. The number of hydrogen-bond acceptors (Lipinski definition) is 5. The lowest BCUT2D eigenvalue weighted by molar-refractivity contribution is -0.121. The van der Waals surface area contributed by atoms with Gasteiger partial charge in [0.15, 0.2) is 5.76 Å². The second kappa shape index (κ2) is 5.49. The Morgan fingerprint density at radius 2 is 2.10 bits per heavy atom. The molecule has 2 aromatic rings. The monoisotopic (exact) mass is 285 g/mol. The summed E-state index contributed by atoms with van der Waals surface area (Å²) < 4.78 is 5.08. The van der Waals surface area contributed by atoms with Crippen molar-refractivity contribution in [2.45, 2.75) is 25.9 Å². The van der Waals surface area contributed by atoms with Crippen molar-refractivity contribution in [1.82, 2.24) is 10.5 Å². The number of anilines is 1. The first-order valence-electron chi connectivity index (χ1n) is 6.72. The van der Waals surface area contributed by atoms with Crippen LogP contribution in [0.5, 0.6) is 0 Å². The zero-order chi connectivity index (χ0) is 14.8. The second-order valence-electron chi connectivity index (χ2n) is 4.98. The van der Waals surface area contributed by atoms with Crippen molar-refractivity contribution in [3.8, 4) is 0 Å². The lowest BCUT2D eigenvalue weighted by Crippen LogP contribution is -2.38. The van der Waals surface area contributed by atoms with Crippen molar-refractivity contribution in [3.05, 3.63) is 47.9 Å². The third kappa shape index (κ3) is 2.71. The topological polar surface area (TPSA) is 75.4 Å². The molecule has 1 unspecified atom stereocenters. The molecule has 0 aliphatic carbocycles. The van der Waals surface area contributed by atoms with Crippen molar-refractivity contribution in [3.63, 3.8) is 0 Å². The number of aromatic nitrogens is 1. The minimum Gasteiger partial charge on any atom is -0.360 e. The number of para-hydroxylation sites is 1. The summed E-state index contributed by atoms with van der Waals surface area (Å²) in [5, 5.41) is 6.83. The van der Waals surface area contributed by atoms with Gasteiger partial charge in [0.1, 0.15) is 0 Å². The minimum absolute atomic E-state index is 0.154. The fourth-order valence-corrected chi connectivity index (χ4v) is 2.36. The molecule has 108 valence electrons. The lowest BCUT2D eigenvalue weighted by Gasteiger charge is -2.15. The zero-order valence-corrected chi connectivity index (χ0v) is 11.6. The number of benzene rings is 1. The second-order valence-corrected chi connectivity index (χ2v) is 4.98. The number of aryl methyl sites for hydroxylation is 1. The SMILES string of the molecule is Cc1cc(CNC2CC(=O)N(c3ccccc3)C2=O)on1. The predicted octanol–water partition coefficient (Wildman–Crippen LogP) is 1.40. The molecule has 1 aromatic carbocycles. The van der Waals surface area contributed by atoms with E-state index in [0.717, 1.165) is 5.69 Å². The molecule has 0 saturated carbocycles. The van der Waals surface area contributed by atoms with Gasteiger partial charge in [0.05, 0.1) is 30.4 Å². The van der Waals surface area contributed by atoms with Crippen LogP contribution in [0, 0.1) is 6.92 Å². The molecule has 1 aliphatic heterocycles. The number of nitrogens with one attached hydrogen (secondary N) is 1. The highest BCUT2D eigenvalue weighted by Gasteiger charge is 2.39. The molecule has 0 bridgehead atoms. The smallest absolute Gasteiger partial charge is 0.251 e. The predicted molar refractivity (Wildman–Crippen MR) is 75.4 cm³/mol. The van der Waals surface area contributed by atoms with Gasteiger partial charge in [-0.25, -0.2) is 4.90 Å². The highest BCUT2D eigenvalue weighted by atomic mass is 16.5. The van der Waals surface area contributed by atoms with Gasteiger partial charge in [0.25, 0.3) is 5.91 Å². The van der Waals surface area contributed by atoms with E-state index in [1.165, 1.54) is 4.90 Å². The van der Waals surface area contributed by atoms with Crippen LogP contribution < -0.4 is 10.2 Å². The minimum atomic E-state index is -0.525. The number of amides is 2. The first-order chi connectivity index (χ1) is 10.1. The van der Waals surface area contributed by atoms with E-state index in [9.17, 15) is 9.59 Å². The summed E-state index contributed by atoms with van der Waals surface area (Å²) in [5.41, 5.74) is 1.39. The fraction of sp³-hybridized carbons (Fsp3) is 0.267. The molecular weight excluding hydrogens is 270 g/mol. The Labute approximate surface area is 121 Å². The Bertz CT molecular complexity index is 666. The molecule has 6 heteroatoms. The van der Waals surface area contributed by atoms with Crippen molar-refractivity contribution >= 4 is 17.5 Å². The van der Waals surface area contributed by atoms with Crippen molar-refractivity contribution in [1.29, 1.82) is 0 Å². The van der Waals surface area contributed by atoms with Gasteiger partial charge < -0.3 is 4.52 Å². The van der Waals surface area contributed by atoms with Gasteiger partial charge in [-0.15, -0.1) is 0 Å². The average molecular weight is 285 g/mol. The summed E-state index contributed by atoms with van der Waals surface area (Å²) in [6, 6.07) is 10.2. The first kappa shape index (κ1) is 13.5. The molecular formula is C15H15N3O3. The quantitative estimate of drug-likeness (QED) is 0.859. The molecule has 1 fully saturated rings. The van der Waals surface area contributed by atoms with Gasteiger partial charge in [-0.2, -0.15) is 0 Å². The average Bonchev–Trinajstić information content (AvgIpc) is 3.01. The van der Waals surface area contributed by atoms with Gasteiger partial charge in [-0.3, -0.25) is 14.9 Å². The zero-order valence-electron chi connectivity index (χ0n) is 11.6. The van der Waals surface area contributed by atoms with Gasteiger partial charge in [0.2, 0.25) is 5.91 Å². The highest BCUT2D eigenvalue weighted by Crippen LogP contribution is 2.22. The van der Waals surface area contributed by atoms with Crippen molar-refractivity contribution in [2.24, 2.45) is 0 Å². The molecule has 1 atom stereocenters. The molecule has 1 aromatic heterocycles. The van der Waals surface area contributed by atoms with E-state index in [4.69, 9.17) is 4.52 Å². The summed E-state index contributed by atoms with van der Waals surface area (Å²) in [6.07, 6.45) is 0.154. The molecule has 3 rings (SSSR count). The molecule has 21 heavy (non-hydrogen) atoms. The largest absolute Gasteiger partial charge is 0.360 e. The van der Waals surface area contributed by atoms with Gasteiger partial charge in [-0.05, 0) is 19.1 Å². The maximum atomic E-state index is 12.3. The Morgan fingerprint density at radius 1 is 1.33 bits per heavy atom. The lowest BCUT2D eigenvalue weighted by atomic mass is 10.2. The molecule has 0 spiro atoms. The summed E-state index contributed by atoms with van der Waals surface area (Å²) in [4.78, 5) is 25.6. The third-order valence-electron chi connectivity index (χ3n) is 3.36. The van der Waals surface area contributed by atoms with Crippen LogP contribution in [0.1, 0.15) is 17.9 Å². The Hall–Kier alpha value is -2.47. The summed E-state index contributed by atoms with van der Waals surface area (Å²) in [7, 11) is 0. The van der Waals surface area contributed by atoms with Gasteiger partial charge in [-0.1, -0.05) is 23.4 Å². The van der Waals surface area contributed by atoms with Crippen LogP contribution in [0.15, 0.2) is 40.9 Å². The molecule has 6 nitrogen and oxygen atoms in total. The van der Waals surface area contributed by atoms with Crippen LogP contribution in [0.4, 0.5) is 5.69 Å². The van der Waals surface area contributed by atoms with Crippen LogP contribution in [0.3, 0.4) is 0 Å².